The van der Waals surface area contributed by atoms with Gasteiger partial charge in [0.15, 0.2) is 5.65 Å². The summed E-state index contributed by atoms with van der Waals surface area (Å²) < 4.78 is 0. The molecule has 2 N–H and O–H groups in total. The molecule has 0 spiro atoms. The lowest BCUT2D eigenvalue weighted by molar-refractivity contribution is 0.0699. The molecule has 0 radical (unpaired) electrons. The minimum atomic E-state index is -0.998. The number of carbonyl (C=O) groups is 1. The van der Waals surface area contributed by atoms with Gasteiger partial charge in [-0.05, 0) is 0 Å². The summed E-state index contributed by atoms with van der Waals surface area (Å²) in [7, 11) is 0. The predicted octanol–water partition coefficient (Wildman–Crippen LogP) is 1.08. The average molecular weight is 200 g/mol. The highest BCUT2D eigenvalue weighted by Crippen LogP contribution is 2.11. The van der Waals surface area contributed by atoms with Gasteiger partial charge in [0.25, 0.3) is 0 Å². The van der Waals surface area contributed by atoms with Crippen molar-refractivity contribution in [3.8, 4) is 0 Å². The maximum atomic E-state index is 10.6. The van der Waals surface area contributed by atoms with E-state index >= 15 is 0 Å². The molecule has 0 saturated carbocycles. The van der Waals surface area contributed by atoms with Crippen LogP contribution in [0.1, 0.15) is 10.4 Å². The molecule has 0 fully saturated rings. The number of fused-ring (bicyclic) bond motifs is 1. The average Bonchev–Trinajstić information content (AvgIpc) is 2.47. The molecular formula is C7H6ClN3O2. The van der Waals surface area contributed by atoms with Gasteiger partial charge in [-0.1, -0.05) is 0 Å². The first-order valence-electron chi connectivity index (χ1n) is 3.30. The molecule has 2 heterocycles. The van der Waals surface area contributed by atoms with Crippen LogP contribution >= 0.6 is 12.4 Å². The number of aromatic nitrogens is 3. The maximum Gasteiger partial charge on any atom is 0.339 e. The Labute approximate surface area is 79.2 Å². The highest BCUT2D eigenvalue weighted by molar-refractivity contribution is 6.00. The molecule has 0 bridgehead atoms. The number of carboxylic acid groups (broad SMARTS) is 1. The summed E-state index contributed by atoms with van der Waals surface area (Å²) in [4.78, 5) is 21.1. The Hall–Kier alpha value is -1.62. The molecule has 0 amide bonds. The molecule has 0 aliphatic carbocycles. The Bertz CT molecular complexity index is 440. The molecule has 2 rings (SSSR count). The summed E-state index contributed by atoms with van der Waals surface area (Å²) in [5.74, 6) is -0.998. The van der Waals surface area contributed by atoms with Crippen LogP contribution in [0.4, 0.5) is 0 Å². The van der Waals surface area contributed by atoms with Gasteiger partial charge >= 0.3 is 5.97 Å². The topological polar surface area (TPSA) is 78.9 Å². The third-order valence-corrected chi connectivity index (χ3v) is 1.54. The lowest BCUT2D eigenvalue weighted by Gasteiger charge is -1.87. The van der Waals surface area contributed by atoms with Crippen LogP contribution in [-0.2, 0) is 0 Å². The van der Waals surface area contributed by atoms with E-state index in [9.17, 15) is 4.79 Å². The predicted molar refractivity (Wildman–Crippen MR) is 48.1 cm³/mol. The standard InChI is InChI=1S/C7H5N3O2.ClH/c11-7(12)4-3-10-6-5(4)8-1-2-9-6;/h1-3H,(H,9,10)(H,11,12);1H. The SMILES string of the molecule is Cl.O=C(O)c1c[nH]c2nccnc12. The molecule has 0 aliphatic rings. The van der Waals surface area contributed by atoms with Crippen LogP contribution in [0.5, 0.6) is 0 Å². The normalized spacial score (nSPS) is 9.54. The number of H-pyrrole nitrogens is 1. The van der Waals surface area contributed by atoms with Gasteiger partial charge in [-0.15, -0.1) is 12.4 Å². The molecule has 0 unspecified atom stereocenters. The summed E-state index contributed by atoms with van der Waals surface area (Å²) >= 11 is 0. The minimum absolute atomic E-state index is 0. The van der Waals surface area contributed by atoms with Crippen molar-refractivity contribution in [1.29, 1.82) is 0 Å². The fourth-order valence-corrected chi connectivity index (χ4v) is 1.01. The fraction of sp³-hybridized carbons (Fsp3) is 0. The van der Waals surface area contributed by atoms with E-state index < -0.39 is 5.97 Å². The van der Waals surface area contributed by atoms with Crippen LogP contribution in [0.3, 0.4) is 0 Å². The van der Waals surface area contributed by atoms with Crippen LogP contribution in [0, 0.1) is 0 Å². The van der Waals surface area contributed by atoms with E-state index in [2.05, 4.69) is 15.0 Å². The fourth-order valence-electron chi connectivity index (χ4n) is 1.01. The van der Waals surface area contributed by atoms with Crippen molar-refractivity contribution >= 4 is 29.5 Å². The first kappa shape index (κ1) is 9.47. The molecular weight excluding hydrogens is 194 g/mol. The lowest BCUT2D eigenvalue weighted by atomic mass is 10.3. The van der Waals surface area contributed by atoms with Crippen LogP contribution < -0.4 is 0 Å². The first-order chi connectivity index (χ1) is 5.79. The second kappa shape index (κ2) is 3.40. The Morgan fingerprint density at radius 2 is 2.08 bits per heavy atom. The van der Waals surface area contributed by atoms with Crippen molar-refractivity contribution in [2.24, 2.45) is 0 Å². The molecule has 6 heteroatoms. The second-order valence-electron chi connectivity index (χ2n) is 2.26. The van der Waals surface area contributed by atoms with Gasteiger partial charge in [0.05, 0.1) is 0 Å². The van der Waals surface area contributed by atoms with Crippen molar-refractivity contribution < 1.29 is 9.90 Å². The molecule has 2 aromatic rings. The number of nitrogens with one attached hydrogen (secondary N) is 1. The second-order valence-corrected chi connectivity index (χ2v) is 2.26. The highest BCUT2D eigenvalue weighted by atomic mass is 35.5. The van der Waals surface area contributed by atoms with E-state index in [0.717, 1.165) is 0 Å². The van der Waals surface area contributed by atoms with Gasteiger partial charge in [0.2, 0.25) is 0 Å². The summed E-state index contributed by atoms with van der Waals surface area (Å²) in [6.45, 7) is 0. The van der Waals surface area contributed by atoms with Crippen LogP contribution in [0.2, 0.25) is 0 Å². The Morgan fingerprint density at radius 1 is 1.38 bits per heavy atom. The minimum Gasteiger partial charge on any atom is -0.478 e. The first-order valence-corrected chi connectivity index (χ1v) is 3.30. The molecule has 13 heavy (non-hydrogen) atoms. The molecule has 0 saturated heterocycles. The Morgan fingerprint density at radius 3 is 2.77 bits per heavy atom. The number of aromatic carboxylic acids is 1. The summed E-state index contributed by atoms with van der Waals surface area (Å²) in [6.07, 6.45) is 4.35. The highest BCUT2D eigenvalue weighted by Gasteiger charge is 2.10. The zero-order valence-electron chi connectivity index (χ0n) is 6.39. The van der Waals surface area contributed by atoms with E-state index in [4.69, 9.17) is 5.11 Å². The van der Waals surface area contributed by atoms with Crippen molar-refractivity contribution in [2.75, 3.05) is 0 Å². The zero-order valence-corrected chi connectivity index (χ0v) is 7.21. The zero-order chi connectivity index (χ0) is 8.55. The number of aromatic amines is 1. The summed E-state index contributed by atoms with van der Waals surface area (Å²) in [6, 6.07) is 0. The van der Waals surface area contributed by atoms with E-state index in [1.807, 2.05) is 0 Å². The molecule has 0 aromatic carbocycles. The van der Waals surface area contributed by atoms with Crippen LogP contribution in [0.25, 0.3) is 11.2 Å². The number of rotatable bonds is 1. The van der Waals surface area contributed by atoms with Crippen molar-refractivity contribution in [3.63, 3.8) is 0 Å². The molecule has 68 valence electrons. The van der Waals surface area contributed by atoms with Gasteiger partial charge in [0, 0.05) is 18.6 Å². The van der Waals surface area contributed by atoms with Crippen molar-refractivity contribution in [3.05, 3.63) is 24.2 Å². The number of nitrogens with zero attached hydrogens (tertiary/aromatic N) is 2. The van der Waals surface area contributed by atoms with E-state index in [1.54, 1.807) is 0 Å². The molecule has 5 nitrogen and oxygen atoms in total. The molecule has 2 aromatic heterocycles. The van der Waals surface area contributed by atoms with Crippen LogP contribution in [0.15, 0.2) is 18.6 Å². The Balaban J connectivity index is 0.000000845. The summed E-state index contributed by atoms with van der Waals surface area (Å²) in [5, 5.41) is 8.68. The smallest absolute Gasteiger partial charge is 0.339 e. The lowest BCUT2D eigenvalue weighted by Crippen LogP contribution is -1.94. The largest absolute Gasteiger partial charge is 0.478 e. The number of carboxylic acids is 1. The third-order valence-electron chi connectivity index (χ3n) is 1.54. The van der Waals surface area contributed by atoms with E-state index in [0.29, 0.717) is 11.2 Å². The van der Waals surface area contributed by atoms with Gasteiger partial charge in [-0.2, -0.15) is 0 Å². The monoisotopic (exact) mass is 199 g/mol. The van der Waals surface area contributed by atoms with Gasteiger partial charge in [-0.3, -0.25) is 4.98 Å². The number of halogens is 1. The summed E-state index contributed by atoms with van der Waals surface area (Å²) in [5.41, 5.74) is 1.04. The molecule has 0 aliphatic heterocycles. The maximum absolute atomic E-state index is 10.6. The Kier molecular flexibility index (Phi) is 2.48. The van der Waals surface area contributed by atoms with Gasteiger partial charge in [0.1, 0.15) is 11.1 Å². The quantitative estimate of drug-likeness (QED) is 0.720. The molecule has 0 atom stereocenters. The van der Waals surface area contributed by atoms with Gasteiger partial charge < -0.3 is 10.1 Å². The van der Waals surface area contributed by atoms with Crippen molar-refractivity contribution in [2.45, 2.75) is 0 Å². The van der Waals surface area contributed by atoms with Crippen molar-refractivity contribution in [1.82, 2.24) is 15.0 Å². The number of hydrogen-bond acceptors (Lipinski definition) is 3. The van der Waals surface area contributed by atoms with Crippen LogP contribution in [-0.4, -0.2) is 26.0 Å². The van der Waals surface area contributed by atoms with E-state index in [1.165, 1.54) is 18.6 Å². The third kappa shape index (κ3) is 1.46. The number of hydrogen-bond donors (Lipinski definition) is 2. The van der Waals surface area contributed by atoms with Gasteiger partial charge in [-0.25, -0.2) is 9.78 Å². The van der Waals surface area contributed by atoms with E-state index in [-0.39, 0.29) is 18.0 Å².